The van der Waals surface area contributed by atoms with Gasteiger partial charge in [0.15, 0.2) is 0 Å². The Kier molecular flexibility index (Phi) is 5.54. The molecule has 0 aromatic heterocycles. The van der Waals surface area contributed by atoms with Crippen molar-refractivity contribution in [2.24, 2.45) is 0 Å². The Bertz CT molecular complexity index is 530. The van der Waals surface area contributed by atoms with E-state index in [0.717, 1.165) is 0 Å². The van der Waals surface area contributed by atoms with E-state index in [9.17, 15) is 20.2 Å². The number of nitro benzene ring substituents is 1. The molecule has 21 heavy (non-hydrogen) atoms. The monoisotopic (exact) mass is 359 g/mol. The Balaban J connectivity index is 3.14. The van der Waals surface area contributed by atoms with Crippen molar-refractivity contribution < 1.29 is 19.7 Å². The number of hydrogen-bond donors (Lipinski definition) is 2. The topological polar surface area (TPSA) is 92.8 Å². The molecule has 0 amide bonds. The fraction of sp³-hybridized carbons (Fsp3) is 0.538. The number of alkyl halides is 1. The third-order valence-electron chi connectivity index (χ3n) is 3.63. The fourth-order valence-corrected chi connectivity index (χ4v) is 2.04. The van der Waals surface area contributed by atoms with Gasteiger partial charge in [0.05, 0.1) is 16.1 Å². The standard InChI is InChI=1S/C13H19BBrNO5/c1-12(2,17)13(3,4)21-14(18)11-7-10(16(19)20)6-5-9(11)8-15/h5-7,17-18H,8H2,1-4H3. The lowest BCUT2D eigenvalue weighted by Gasteiger charge is -2.38. The first kappa shape index (κ1) is 18.1. The molecule has 1 rings (SSSR count). The Morgan fingerprint density at radius 2 is 1.95 bits per heavy atom. The van der Waals surface area contributed by atoms with Gasteiger partial charge in [0.2, 0.25) is 0 Å². The van der Waals surface area contributed by atoms with E-state index in [1.165, 1.54) is 12.1 Å². The third-order valence-corrected chi connectivity index (χ3v) is 4.23. The molecular formula is C13H19BBrNO5. The van der Waals surface area contributed by atoms with Crippen molar-refractivity contribution in [3.63, 3.8) is 0 Å². The Morgan fingerprint density at radius 3 is 2.38 bits per heavy atom. The predicted octanol–water partition coefficient (Wildman–Crippen LogP) is 1.74. The zero-order chi connectivity index (χ0) is 16.4. The highest BCUT2D eigenvalue weighted by molar-refractivity contribution is 9.08. The molecule has 0 saturated carbocycles. The number of non-ortho nitro benzene ring substituents is 1. The maximum absolute atomic E-state index is 10.9. The normalized spacial score (nSPS) is 12.3. The van der Waals surface area contributed by atoms with Gasteiger partial charge in [-0.3, -0.25) is 10.1 Å². The first-order valence-electron chi connectivity index (χ1n) is 6.41. The Hall–Kier alpha value is -0.955. The molecule has 1 aromatic carbocycles. The molecule has 0 saturated heterocycles. The summed E-state index contributed by atoms with van der Waals surface area (Å²) in [4.78, 5) is 10.3. The molecule has 0 aliphatic carbocycles. The summed E-state index contributed by atoms with van der Waals surface area (Å²) in [6, 6.07) is 4.21. The molecule has 0 aliphatic rings. The zero-order valence-corrected chi connectivity index (χ0v) is 14.0. The van der Waals surface area contributed by atoms with Crippen molar-refractivity contribution >= 4 is 34.2 Å². The lowest BCUT2D eigenvalue weighted by molar-refractivity contribution is -0.384. The molecule has 6 nitrogen and oxygen atoms in total. The third kappa shape index (κ3) is 4.26. The van der Waals surface area contributed by atoms with E-state index in [2.05, 4.69) is 15.9 Å². The van der Waals surface area contributed by atoms with Crippen molar-refractivity contribution in [1.82, 2.24) is 0 Å². The molecule has 0 unspecified atom stereocenters. The van der Waals surface area contributed by atoms with Gasteiger partial charge < -0.3 is 14.8 Å². The van der Waals surface area contributed by atoms with Gasteiger partial charge in [0, 0.05) is 17.5 Å². The minimum absolute atomic E-state index is 0.126. The zero-order valence-electron chi connectivity index (χ0n) is 12.5. The van der Waals surface area contributed by atoms with E-state index < -0.39 is 23.2 Å². The lowest BCUT2D eigenvalue weighted by Crippen LogP contribution is -2.53. The van der Waals surface area contributed by atoms with Gasteiger partial charge in [-0.05, 0) is 38.7 Å². The van der Waals surface area contributed by atoms with E-state index in [4.69, 9.17) is 4.65 Å². The minimum atomic E-state index is -1.38. The maximum atomic E-state index is 10.9. The van der Waals surface area contributed by atoms with Crippen LogP contribution in [0.4, 0.5) is 5.69 Å². The molecule has 8 heteroatoms. The van der Waals surface area contributed by atoms with Crippen molar-refractivity contribution in [1.29, 1.82) is 0 Å². The Morgan fingerprint density at radius 1 is 1.38 bits per heavy atom. The van der Waals surface area contributed by atoms with Crippen molar-refractivity contribution in [2.45, 2.75) is 44.2 Å². The molecule has 0 radical (unpaired) electrons. The van der Waals surface area contributed by atoms with Crippen molar-refractivity contribution in [2.75, 3.05) is 0 Å². The quantitative estimate of drug-likeness (QED) is 0.349. The molecule has 0 bridgehead atoms. The van der Waals surface area contributed by atoms with Crippen LogP contribution in [0.1, 0.15) is 33.3 Å². The van der Waals surface area contributed by atoms with E-state index in [1.54, 1.807) is 33.8 Å². The van der Waals surface area contributed by atoms with Crippen molar-refractivity contribution in [3.8, 4) is 0 Å². The Labute approximate surface area is 132 Å². The summed E-state index contributed by atoms with van der Waals surface area (Å²) in [6.45, 7) is 6.42. The number of halogens is 1. The molecule has 0 spiro atoms. The summed E-state index contributed by atoms with van der Waals surface area (Å²) in [5.74, 6) is 0. The first-order chi connectivity index (χ1) is 9.49. The van der Waals surface area contributed by atoms with Crippen LogP contribution in [0.15, 0.2) is 18.2 Å². The molecule has 116 valence electrons. The molecule has 0 atom stereocenters. The van der Waals surface area contributed by atoms with E-state index in [-0.39, 0.29) is 5.69 Å². The van der Waals surface area contributed by atoms with Gasteiger partial charge in [-0.2, -0.15) is 0 Å². The van der Waals surface area contributed by atoms with E-state index >= 15 is 0 Å². The SMILES string of the molecule is CC(C)(O)C(C)(C)OB(O)c1cc([N+](=O)[O-])ccc1CBr. The summed E-state index contributed by atoms with van der Waals surface area (Å²) in [6.07, 6.45) is 0. The summed E-state index contributed by atoms with van der Waals surface area (Å²) in [7, 11) is -1.38. The highest BCUT2D eigenvalue weighted by Gasteiger charge is 2.40. The number of benzene rings is 1. The number of nitrogens with zero attached hydrogens (tertiary/aromatic N) is 1. The minimum Gasteiger partial charge on any atom is -0.423 e. The van der Waals surface area contributed by atoms with E-state index in [0.29, 0.717) is 16.4 Å². The van der Waals surface area contributed by atoms with Crippen molar-refractivity contribution in [3.05, 3.63) is 33.9 Å². The summed E-state index contributed by atoms with van der Waals surface area (Å²) >= 11 is 3.27. The molecule has 0 heterocycles. The number of nitro groups is 1. The van der Waals surface area contributed by atoms with Gasteiger partial charge in [-0.1, -0.05) is 22.0 Å². The van der Waals surface area contributed by atoms with Gasteiger partial charge in [-0.25, -0.2) is 0 Å². The molecule has 1 aromatic rings. The second-order valence-corrected chi connectivity index (χ2v) is 6.37. The number of aliphatic hydroxyl groups is 1. The van der Waals surface area contributed by atoms with Crippen LogP contribution in [-0.4, -0.2) is 33.4 Å². The van der Waals surface area contributed by atoms with Crippen LogP contribution < -0.4 is 5.46 Å². The lowest BCUT2D eigenvalue weighted by atomic mass is 9.74. The van der Waals surface area contributed by atoms with Gasteiger partial charge in [0.1, 0.15) is 0 Å². The van der Waals surface area contributed by atoms with Crippen LogP contribution >= 0.6 is 15.9 Å². The largest absolute Gasteiger partial charge is 0.492 e. The highest BCUT2D eigenvalue weighted by Crippen LogP contribution is 2.26. The van der Waals surface area contributed by atoms with Crippen LogP contribution in [-0.2, 0) is 9.98 Å². The van der Waals surface area contributed by atoms with Gasteiger partial charge in [0.25, 0.3) is 5.69 Å². The second-order valence-electron chi connectivity index (χ2n) is 5.81. The highest BCUT2D eigenvalue weighted by atomic mass is 79.9. The van der Waals surface area contributed by atoms with E-state index in [1.807, 2.05) is 0 Å². The summed E-state index contributed by atoms with van der Waals surface area (Å²) in [5.41, 5.74) is -1.37. The average Bonchev–Trinajstić information content (AvgIpc) is 2.35. The summed E-state index contributed by atoms with van der Waals surface area (Å²) in [5, 5.41) is 31.6. The van der Waals surface area contributed by atoms with Crippen LogP contribution in [0, 0.1) is 10.1 Å². The number of hydrogen-bond acceptors (Lipinski definition) is 5. The average molecular weight is 360 g/mol. The second kappa shape index (κ2) is 6.43. The molecule has 0 aliphatic heterocycles. The van der Waals surface area contributed by atoms with Gasteiger partial charge in [-0.15, -0.1) is 0 Å². The fourth-order valence-electron chi connectivity index (χ4n) is 1.53. The molecular weight excluding hydrogens is 341 g/mol. The maximum Gasteiger partial charge on any atom is 0.492 e. The van der Waals surface area contributed by atoms with Crippen LogP contribution in [0.5, 0.6) is 0 Å². The smallest absolute Gasteiger partial charge is 0.423 e. The van der Waals surface area contributed by atoms with Gasteiger partial charge >= 0.3 is 7.12 Å². The van der Waals surface area contributed by atoms with Crippen LogP contribution in [0.2, 0.25) is 0 Å². The molecule has 0 fully saturated rings. The van der Waals surface area contributed by atoms with Crippen LogP contribution in [0.25, 0.3) is 0 Å². The first-order valence-corrected chi connectivity index (χ1v) is 7.53. The summed E-state index contributed by atoms with van der Waals surface area (Å²) < 4.78 is 5.53. The van der Waals surface area contributed by atoms with Crippen LogP contribution in [0.3, 0.4) is 0 Å². The number of rotatable bonds is 6. The molecule has 2 N–H and O–H groups in total. The predicted molar refractivity (Wildman–Crippen MR) is 84.8 cm³/mol.